The molecule has 1 aromatic heterocycles. The van der Waals surface area contributed by atoms with Crippen LogP contribution in [0.4, 0.5) is 5.69 Å². The zero-order valence-electron chi connectivity index (χ0n) is 22.1. The van der Waals surface area contributed by atoms with Crippen LogP contribution in [0.5, 0.6) is 0 Å². The van der Waals surface area contributed by atoms with E-state index in [9.17, 15) is 9.59 Å². The van der Waals surface area contributed by atoms with Crippen LogP contribution in [-0.4, -0.2) is 58.6 Å². The summed E-state index contributed by atoms with van der Waals surface area (Å²) >= 11 is 0. The van der Waals surface area contributed by atoms with Crippen LogP contribution in [0.15, 0.2) is 85.2 Å². The largest absolute Gasteiger partial charge is 0.387 e. The lowest BCUT2D eigenvalue weighted by atomic mass is 10.0. The number of nitrogens with zero attached hydrogens (tertiary/aromatic N) is 4. The quantitative estimate of drug-likeness (QED) is 0.253. The van der Waals surface area contributed by atoms with Crippen molar-refractivity contribution < 1.29 is 9.59 Å². The van der Waals surface area contributed by atoms with Crippen molar-refractivity contribution >= 4 is 40.3 Å². The van der Waals surface area contributed by atoms with Gasteiger partial charge < -0.3 is 15.6 Å². The van der Waals surface area contributed by atoms with E-state index in [1.807, 2.05) is 36.5 Å². The maximum absolute atomic E-state index is 12.7. The number of carbonyl (C=O) groups excluding carboxylic acids is 2. The van der Waals surface area contributed by atoms with Gasteiger partial charge in [-0.2, -0.15) is 0 Å². The van der Waals surface area contributed by atoms with Crippen molar-refractivity contribution in [2.75, 3.05) is 24.5 Å². The molecule has 8 nitrogen and oxygen atoms in total. The number of benzene rings is 3. The van der Waals surface area contributed by atoms with Crippen LogP contribution >= 0.6 is 0 Å². The van der Waals surface area contributed by atoms with Gasteiger partial charge in [0.15, 0.2) is 0 Å². The summed E-state index contributed by atoms with van der Waals surface area (Å²) in [4.78, 5) is 38.2. The van der Waals surface area contributed by atoms with E-state index in [1.165, 1.54) is 11.1 Å². The van der Waals surface area contributed by atoms with Gasteiger partial charge in [-0.05, 0) is 61.2 Å². The average Bonchev–Trinajstić information content (AvgIpc) is 3.25. The monoisotopic (exact) mass is 530 g/mol. The molecule has 0 unspecified atom stereocenters. The fourth-order valence-electron chi connectivity index (χ4n) is 5.39. The molecule has 2 N–H and O–H groups in total. The van der Waals surface area contributed by atoms with Gasteiger partial charge in [-0.1, -0.05) is 36.4 Å². The number of fused-ring (bicyclic) bond motifs is 2. The van der Waals surface area contributed by atoms with Crippen LogP contribution in [0, 0.1) is 5.41 Å². The van der Waals surface area contributed by atoms with Crippen LogP contribution in [-0.2, 0) is 6.42 Å². The van der Waals surface area contributed by atoms with E-state index in [4.69, 9.17) is 5.41 Å². The summed E-state index contributed by atoms with van der Waals surface area (Å²) in [5, 5.41) is 11.4. The van der Waals surface area contributed by atoms with Gasteiger partial charge in [-0.25, -0.2) is 4.98 Å². The summed E-state index contributed by atoms with van der Waals surface area (Å²) in [7, 11) is 0. The van der Waals surface area contributed by atoms with Gasteiger partial charge in [0.1, 0.15) is 0 Å². The van der Waals surface area contributed by atoms with E-state index in [-0.39, 0.29) is 11.8 Å². The second-order valence-electron chi connectivity index (χ2n) is 10.1. The molecular formula is C32H30N6O2. The number of nitrogens with one attached hydrogen (secondary N) is 2. The number of rotatable bonds is 8. The van der Waals surface area contributed by atoms with Crippen molar-refractivity contribution in [3.05, 3.63) is 108 Å². The van der Waals surface area contributed by atoms with Gasteiger partial charge in [0.25, 0.3) is 11.8 Å². The molecule has 40 heavy (non-hydrogen) atoms. The van der Waals surface area contributed by atoms with Crippen molar-refractivity contribution in [1.29, 1.82) is 5.41 Å². The number of hydrogen-bond acceptors (Lipinski definition) is 7. The van der Waals surface area contributed by atoms with Gasteiger partial charge in [0.2, 0.25) is 0 Å². The van der Waals surface area contributed by atoms with E-state index in [0.717, 1.165) is 48.2 Å². The Kier molecular flexibility index (Phi) is 7.06. The predicted molar refractivity (Wildman–Crippen MR) is 157 cm³/mol. The summed E-state index contributed by atoms with van der Waals surface area (Å²) in [6, 6.07) is 23.4. The number of imide groups is 1. The maximum atomic E-state index is 12.7. The summed E-state index contributed by atoms with van der Waals surface area (Å²) in [5.41, 5.74) is 6.26. The topological polar surface area (TPSA) is 102 Å². The summed E-state index contributed by atoms with van der Waals surface area (Å²) in [5.74, 6) is -0.418. The highest BCUT2D eigenvalue weighted by atomic mass is 16.2. The number of para-hydroxylation sites is 2. The van der Waals surface area contributed by atoms with Gasteiger partial charge in [-0.15, -0.1) is 0 Å². The molecule has 1 saturated heterocycles. The lowest BCUT2D eigenvalue weighted by Crippen LogP contribution is -2.41. The first-order valence-electron chi connectivity index (χ1n) is 13.6. The molecular weight excluding hydrogens is 500 g/mol. The summed E-state index contributed by atoms with van der Waals surface area (Å²) < 4.78 is 0. The van der Waals surface area contributed by atoms with E-state index >= 15 is 0 Å². The number of amides is 2. The maximum Gasteiger partial charge on any atom is 0.261 e. The lowest BCUT2D eigenvalue weighted by molar-refractivity contribution is 0.0656. The highest BCUT2D eigenvalue weighted by molar-refractivity contribution is 6.21. The second kappa shape index (κ2) is 11.1. The summed E-state index contributed by atoms with van der Waals surface area (Å²) in [6.07, 6.45) is 7.45. The molecule has 6 rings (SSSR count). The number of piperidine rings is 1. The molecule has 2 aliphatic rings. The fraction of sp³-hybridized carbons (Fsp3) is 0.219. The van der Waals surface area contributed by atoms with E-state index in [2.05, 4.69) is 38.4 Å². The van der Waals surface area contributed by atoms with Crippen molar-refractivity contribution in [2.45, 2.75) is 25.3 Å². The average molecular weight is 531 g/mol. The van der Waals surface area contributed by atoms with Crippen LogP contribution in [0.3, 0.4) is 0 Å². The van der Waals surface area contributed by atoms with Crippen molar-refractivity contribution in [2.24, 2.45) is 0 Å². The number of allylic oxidation sites excluding steroid dienone is 1. The zero-order valence-corrected chi connectivity index (χ0v) is 22.1. The minimum Gasteiger partial charge on any atom is -0.387 e. The van der Waals surface area contributed by atoms with Crippen LogP contribution < -0.4 is 10.2 Å². The Labute approximate surface area is 232 Å². The normalized spacial score (nSPS) is 15.9. The van der Waals surface area contributed by atoms with Crippen LogP contribution in [0.1, 0.15) is 44.8 Å². The number of carbonyl (C=O) groups is 2. The van der Waals surface area contributed by atoms with Crippen LogP contribution in [0.25, 0.3) is 16.6 Å². The molecule has 0 aliphatic carbocycles. The Morgan fingerprint density at radius 1 is 0.925 bits per heavy atom. The Morgan fingerprint density at radius 2 is 1.62 bits per heavy atom. The standard InChI is InChI=1S/C32H30N6O2/c33-19-23(30-21-35-28-10-3-4-11-29(28)36-30)20-34-24-13-15-37(16-14-24)25-7-5-6-22(18-25)12-17-38-31(39)26-8-1-2-9-27(26)32(38)40/h1-11,18-21,24,33-34H,12-17H2/b23-20+,33-19?. The highest BCUT2D eigenvalue weighted by Gasteiger charge is 2.34. The first-order valence-corrected chi connectivity index (χ1v) is 13.6. The van der Waals surface area contributed by atoms with Crippen molar-refractivity contribution in [1.82, 2.24) is 20.2 Å². The van der Waals surface area contributed by atoms with Gasteiger partial charge in [0.05, 0.1) is 34.1 Å². The Hall–Kier alpha value is -4.85. The van der Waals surface area contributed by atoms with E-state index in [0.29, 0.717) is 41.4 Å². The van der Waals surface area contributed by atoms with E-state index in [1.54, 1.807) is 30.5 Å². The molecule has 4 aromatic rings. The first-order chi connectivity index (χ1) is 19.6. The molecule has 2 aliphatic heterocycles. The smallest absolute Gasteiger partial charge is 0.261 e. The third-order valence-corrected chi connectivity index (χ3v) is 7.65. The minimum atomic E-state index is -0.209. The number of aromatic nitrogens is 2. The Morgan fingerprint density at radius 3 is 2.35 bits per heavy atom. The van der Waals surface area contributed by atoms with Crippen LogP contribution in [0.2, 0.25) is 0 Å². The molecule has 3 heterocycles. The Bertz CT molecular complexity index is 1590. The van der Waals surface area contributed by atoms with Crippen molar-refractivity contribution in [3.8, 4) is 0 Å². The molecule has 1 fully saturated rings. The third-order valence-electron chi connectivity index (χ3n) is 7.65. The fourth-order valence-corrected chi connectivity index (χ4v) is 5.39. The Balaban J connectivity index is 1.04. The molecule has 2 amide bonds. The minimum absolute atomic E-state index is 0.209. The van der Waals surface area contributed by atoms with Gasteiger partial charge in [-0.3, -0.25) is 19.5 Å². The molecule has 0 saturated carbocycles. The second-order valence-corrected chi connectivity index (χ2v) is 10.1. The van der Waals surface area contributed by atoms with Gasteiger partial charge in [0, 0.05) is 49.4 Å². The van der Waals surface area contributed by atoms with Crippen molar-refractivity contribution in [3.63, 3.8) is 0 Å². The van der Waals surface area contributed by atoms with E-state index < -0.39 is 0 Å². The zero-order chi connectivity index (χ0) is 27.5. The summed E-state index contributed by atoms with van der Waals surface area (Å²) in [6.45, 7) is 2.18. The first kappa shape index (κ1) is 25.4. The third kappa shape index (κ3) is 5.08. The molecule has 8 heteroatoms. The van der Waals surface area contributed by atoms with Gasteiger partial charge >= 0.3 is 0 Å². The number of hydrogen-bond donors (Lipinski definition) is 2. The lowest BCUT2D eigenvalue weighted by Gasteiger charge is -2.34. The molecule has 0 atom stereocenters. The molecule has 3 aromatic carbocycles. The molecule has 200 valence electrons. The molecule has 0 bridgehead atoms. The predicted octanol–water partition coefficient (Wildman–Crippen LogP) is 4.72. The molecule has 0 spiro atoms. The number of anilines is 1. The SMILES string of the molecule is N=C/C(=C\NC1CCN(c2cccc(CCN3C(=O)c4ccccc4C3=O)c2)CC1)c1cnc2ccccc2n1. The molecule has 0 radical (unpaired) electrons. The highest BCUT2D eigenvalue weighted by Crippen LogP contribution is 2.25.